The van der Waals surface area contributed by atoms with Gasteiger partial charge in [-0.15, -0.1) is 11.3 Å². The predicted octanol–water partition coefficient (Wildman–Crippen LogP) is 1.82. The van der Waals surface area contributed by atoms with Crippen molar-refractivity contribution in [3.63, 3.8) is 0 Å². The largest absolute Gasteiger partial charge is 0.481 e. The number of hydrogen-bond donors (Lipinski definition) is 1. The molecule has 2 atom stereocenters. The van der Waals surface area contributed by atoms with Gasteiger partial charge in [-0.05, 0) is 36.6 Å². The summed E-state index contributed by atoms with van der Waals surface area (Å²) in [6, 6.07) is 3.92. The second kappa shape index (κ2) is 5.40. The summed E-state index contributed by atoms with van der Waals surface area (Å²) in [5, 5.41) is 11.2. The average Bonchev–Trinajstić information content (AvgIpc) is 2.88. The second-order valence-electron chi connectivity index (χ2n) is 4.73. The molecule has 2 unspecified atom stereocenters. The van der Waals surface area contributed by atoms with Crippen LogP contribution < -0.4 is 0 Å². The average molecular weight is 288 g/mol. The van der Waals surface area contributed by atoms with Crippen LogP contribution >= 0.6 is 11.3 Å². The van der Waals surface area contributed by atoms with Crippen molar-refractivity contribution in [1.82, 2.24) is 0 Å². The van der Waals surface area contributed by atoms with E-state index in [1.54, 1.807) is 11.3 Å². The van der Waals surface area contributed by atoms with Crippen molar-refractivity contribution in [3.8, 4) is 0 Å². The van der Waals surface area contributed by atoms with Crippen molar-refractivity contribution in [1.29, 1.82) is 0 Å². The number of aryl methyl sites for hydroxylation is 1. The van der Waals surface area contributed by atoms with E-state index in [-0.39, 0.29) is 17.4 Å². The van der Waals surface area contributed by atoms with Crippen molar-refractivity contribution in [2.75, 3.05) is 11.5 Å². The summed E-state index contributed by atoms with van der Waals surface area (Å²) < 4.78 is 22.8. The van der Waals surface area contributed by atoms with Gasteiger partial charge in [0, 0.05) is 4.88 Å². The normalized spacial score (nSPS) is 23.9. The third-order valence-corrected chi connectivity index (χ3v) is 6.17. The Balaban J connectivity index is 1.99. The Labute approximate surface area is 111 Å². The molecule has 6 heteroatoms. The molecule has 100 valence electrons. The molecule has 0 aromatic carbocycles. The first-order valence-electron chi connectivity index (χ1n) is 5.93. The Kier molecular flexibility index (Phi) is 4.07. The Bertz CT molecular complexity index is 504. The second-order valence-corrected chi connectivity index (χ2v) is 7.99. The van der Waals surface area contributed by atoms with Gasteiger partial charge in [-0.1, -0.05) is 6.07 Å². The Morgan fingerprint density at radius 1 is 1.56 bits per heavy atom. The monoisotopic (exact) mass is 288 g/mol. The van der Waals surface area contributed by atoms with Crippen LogP contribution in [-0.2, 0) is 21.1 Å². The third kappa shape index (κ3) is 3.32. The van der Waals surface area contributed by atoms with E-state index in [0.29, 0.717) is 19.3 Å². The molecule has 0 saturated carbocycles. The van der Waals surface area contributed by atoms with E-state index in [1.807, 2.05) is 17.5 Å². The quantitative estimate of drug-likeness (QED) is 0.897. The number of carboxylic acids is 1. The maximum absolute atomic E-state index is 11.4. The Morgan fingerprint density at radius 3 is 2.83 bits per heavy atom. The lowest BCUT2D eigenvalue weighted by Gasteiger charge is -2.17. The minimum Gasteiger partial charge on any atom is -0.481 e. The van der Waals surface area contributed by atoms with Crippen LogP contribution in [0.3, 0.4) is 0 Å². The van der Waals surface area contributed by atoms with Crippen LogP contribution in [0.2, 0.25) is 0 Å². The molecule has 1 fully saturated rings. The van der Waals surface area contributed by atoms with Gasteiger partial charge in [0.25, 0.3) is 0 Å². The molecule has 1 aromatic rings. The van der Waals surface area contributed by atoms with E-state index in [2.05, 4.69) is 0 Å². The fraction of sp³-hybridized carbons (Fsp3) is 0.583. The first-order chi connectivity index (χ1) is 8.48. The predicted molar refractivity (Wildman–Crippen MR) is 70.5 cm³/mol. The molecule has 2 rings (SSSR count). The molecule has 1 aliphatic rings. The number of thiophene rings is 1. The van der Waals surface area contributed by atoms with E-state index >= 15 is 0 Å². The molecular formula is C12H16O4S2. The first kappa shape index (κ1) is 13.5. The van der Waals surface area contributed by atoms with Gasteiger partial charge in [-0.2, -0.15) is 0 Å². The van der Waals surface area contributed by atoms with Gasteiger partial charge in [0.1, 0.15) is 0 Å². The van der Waals surface area contributed by atoms with Gasteiger partial charge >= 0.3 is 5.97 Å². The lowest BCUT2D eigenvalue weighted by molar-refractivity contribution is -0.143. The van der Waals surface area contributed by atoms with Gasteiger partial charge in [0.15, 0.2) is 9.84 Å². The third-order valence-electron chi connectivity index (χ3n) is 3.44. The summed E-state index contributed by atoms with van der Waals surface area (Å²) in [5.74, 6) is -1.44. The minimum absolute atomic E-state index is 0.0361. The van der Waals surface area contributed by atoms with Crippen LogP contribution in [0.1, 0.15) is 17.7 Å². The fourth-order valence-corrected chi connectivity index (χ4v) is 5.06. The summed E-state index contributed by atoms with van der Waals surface area (Å²) in [4.78, 5) is 12.4. The molecule has 0 radical (unpaired) electrons. The summed E-state index contributed by atoms with van der Waals surface area (Å²) in [5.41, 5.74) is 0. The van der Waals surface area contributed by atoms with Crippen molar-refractivity contribution < 1.29 is 18.3 Å². The smallest absolute Gasteiger partial charge is 0.306 e. The highest BCUT2D eigenvalue weighted by Crippen LogP contribution is 2.30. The highest BCUT2D eigenvalue weighted by molar-refractivity contribution is 7.91. The number of carbonyl (C=O) groups is 1. The lowest BCUT2D eigenvalue weighted by Crippen LogP contribution is -2.25. The van der Waals surface area contributed by atoms with Gasteiger partial charge < -0.3 is 5.11 Å². The van der Waals surface area contributed by atoms with E-state index in [4.69, 9.17) is 0 Å². The highest BCUT2D eigenvalue weighted by atomic mass is 32.2. The molecule has 0 bridgehead atoms. The summed E-state index contributed by atoms with van der Waals surface area (Å²) in [6.07, 6.45) is 1.73. The zero-order valence-electron chi connectivity index (χ0n) is 9.91. The number of aliphatic carboxylic acids is 1. The Hall–Kier alpha value is -0.880. The number of carboxylic acid groups (broad SMARTS) is 1. The molecule has 0 spiro atoms. The molecule has 1 aromatic heterocycles. The summed E-state index contributed by atoms with van der Waals surface area (Å²) >= 11 is 1.61. The zero-order chi connectivity index (χ0) is 13.2. The standard InChI is InChI=1S/C12H16O4S2/c13-12(14)11(4-3-10-2-1-6-17-10)9-5-7-18(15,16)8-9/h1-2,6,9,11H,3-5,7-8H2,(H,13,14). The van der Waals surface area contributed by atoms with E-state index < -0.39 is 21.7 Å². The zero-order valence-corrected chi connectivity index (χ0v) is 11.5. The SMILES string of the molecule is O=C(O)C(CCc1cccs1)C1CCS(=O)(=O)C1. The first-order valence-corrected chi connectivity index (χ1v) is 8.63. The molecular weight excluding hydrogens is 272 g/mol. The van der Waals surface area contributed by atoms with Gasteiger partial charge in [-0.3, -0.25) is 4.79 Å². The van der Waals surface area contributed by atoms with Gasteiger partial charge in [0.2, 0.25) is 0 Å². The molecule has 0 aliphatic carbocycles. The van der Waals surface area contributed by atoms with E-state index in [1.165, 1.54) is 0 Å². The van der Waals surface area contributed by atoms with Gasteiger partial charge in [0.05, 0.1) is 17.4 Å². The fourth-order valence-electron chi connectivity index (χ4n) is 2.45. The molecule has 18 heavy (non-hydrogen) atoms. The van der Waals surface area contributed by atoms with Crippen LogP contribution in [0.5, 0.6) is 0 Å². The van der Waals surface area contributed by atoms with Crippen molar-refractivity contribution in [2.45, 2.75) is 19.3 Å². The van der Waals surface area contributed by atoms with Crippen LogP contribution in [-0.4, -0.2) is 31.0 Å². The van der Waals surface area contributed by atoms with E-state index in [0.717, 1.165) is 4.88 Å². The summed E-state index contributed by atoms with van der Waals surface area (Å²) in [6.45, 7) is 0. The number of rotatable bonds is 5. The highest BCUT2D eigenvalue weighted by Gasteiger charge is 2.36. The van der Waals surface area contributed by atoms with Crippen LogP contribution in [0, 0.1) is 11.8 Å². The molecule has 4 nitrogen and oxygen atoms in total. The minimum atomic E-state index is -3.01. The number of hydrogen-bond acceptors (Lipinski definition) is 4. The van der Waals surface area contributed by atoms with Crippen molar-refractivity contribution >= 4 is 27.1 Å². The molecule has 0 amide bonds. The van der Waals surface area contributed by atoms with Crippen LogP contribution in [0.15, 0.2) is 17.5 Å². The van der Waals surface area contributed by atoms with Gasteiger partial charge in [-0.25, -0.2) is 8.42 Å². The molecule has 1 aliphatic heterocycles. The van der Waals surface area contributed by atoms with Crippen molar-refractivity contribution in [2.24, 2.45) is 11.8 Å². The maximum Gasteiger partial charge on any atom is 0.306 e. The Morgan fingerprint density at radius 2 is 2.33 bits per heavy atom. The molecule has 2 heterocycles. The maximum atomic E-state index is 11.4. The molecule has 1 N–H and O–H groups in total. The lowest BCUT2D eigenvalue weighted by atomic mass is 9.88. The van der Waals surface area contributed by atoms with E-state index in [9.17, 15) is 18.3 Å². The number of sulfone groups is 1. The summed E-state index contributed by atoms with van der Waals surface area (Å²) in [7, 11) is -3.01. The van der Waals surface area contributed by atoms with Crippen LogP contribution in [0.4, 0.5) is 0 Å². The topological polar surface area (TPSA) is 71.4 Å². The van der Waals surface area contributed by atoms with Crippen LogP contribution in [0.25, 0.3) is 0 Å². The molecule has 1 saturated heterocycles. The van der Waals surface area contributed by atoms with Crippen molar-refractivity contribution in [3.05, 3.63) is 22.4 Å².